The Morgan fingerprint density at radius 2 is 2.00 bits per heavy atom. The second-order valence-electron chi connectivity index (χ2n) is 7.47. The molecule has 1 unspecified atom stereocenters. The van der Waals surface area contributed by atoms with Gasteiger partial charge in [0.1, 0.15) is 24.6 Å². The van der Waals surface area contributed by atoms with Crippen LogP contribution in [0.3, 0.4) is 0 Å². The van der Waals surface area contributed by atoms with E-state index in [0.29, 0.717) is 24.6 Å². The average Bonchev–Trinajstić information content (AvgIpc) is 2.70. The Hall–Kier alpha value is -2.90. The summed E-state index contributed by atoms with van der Waals surface area (Å²) in [7, 11) is 0. The third kappa shape index (κ3) is 4.93. The normalized spacial score (nSPS) is 15.7. The van der Waals surface area contributed by atoms with Crippen LogP contribution in [-0.2, 0) is 4.79 Å². The summed E-state index contributed by atoms with van der Waals surface area (Å²) in [5.74, 6) is 1.28. The monoisotopic (exact) mass is 401 g/mol. The van der Waals surface area contributed by atoms with Crippen LogP contribution in [0.25, 0.3) is 0 Å². The fourth-order valence-electron chi connectivity index (χ4n) is 3.45. The fraction of sp³-hybridized carbons (Fsp3) is 0.476. The predicted molar refractivity (Wildman–Crippen MR) is 111 cm³/mol. The minimum Gasteiger partial charge on any atom is -0.491 e. The highest BCUT2D eigenvalue weighted by molar-refractivity contribution is 5.82. The molecule has 3 rings (SSSR count). The highest BCUT2D eigenvalue weighted by Gasteiger charge is 2.25. The number of halogens is 1. The second-order valence-corrected chi connectivity index (χ2v) is 7.47. The lowest BCUT2D eigenvalue weighted by Gasteiger charge is -2.34. The van der Waals surface area contributed by atoms with E-state index in [1.165, 1.54) is 6.33 Å². The summed E-state index contributed by atoms with van der Waals surface area (Å²) in [6.45, 7) is 6.88. The molecule has 156 valence electrons. The van der Waals surface area contributed by atoms with Crippen molar-refractivity contribution in [1.29, 1.82) is 0 Å². The number of amides is 1. The molecule has 0 radical (unpaired) electrons. The molecule has 1 aliphatic heterocycles. The highest BCUT2D eigenvalue weighted by Crippen LogP contribution is 2.32. The van der Waals surface area contributed by atoms with E-state index in [4.69, 9.17) is 10.5 Å². The lowest BCUT2D eigenvalue weighted by Crippen LogP contribution is -2.51. The number of rotatable bonds is 7. The Morgan fingerprint density at radius 1 is 1.21 bits per heavy atom. The van der Waals surface area contributed by atoms with E-state index in [0.717, 1.165) is 17.0 Å². The van der Waals surface area contributed by atoms with Gasteiger partial charge in [0, 0.05) is 37.3 Å². The molecule has 7 nitrogen and oxygen atoms in total. The number of piperazine rings is 1. The average molecular weight is 401 g/mol. The van der Waals surface area contributed by atoms with Gasteiger partial charge in [-0.2, -0.15) is 0 Å². The van der Waals surface area contributed by atoms with Gasteiger partial charge >= 0.3 is 0 Å². The molecule has 0 aliphatic carbocycles. The number of nitrogens with zero attached hydrogens (tertiary/aromatic N) is 4. The van der Waals surface area contributed by atoms with Crippen LogP contribution in [0.5, 0.6) is 5.75 Å². The molecule has 8 heteroatoms. The van der Waals surface area contributed by atoms with Crippen molar-refractivity contribution in [3.05, 3.63) is 41.9 Å². The van der Waals surface area contributed by atoms with E-state index in [1.54, 1.807) is 4.90 Å². The quantitative estimate of drug-likeness (QED) is 0.718. The number of alkyl halides is 1. The van der Waals surface area contributed by atoms with E-state index < -0.39 is 6.67 Å². The first-order valence-electron chi connectivity index (χ1n) is 9.85. The second kappa shape index (κ2) is 9.07. The molecule has 2 aromatic rings. The minimum absolute atomic E-state index is 0.0704. The zero-order chi connectivity index (χ0) is 21.0. The van der Waals surface area contributed by atoms with Gasteiger partial charge in [-0.25, -0.2) is 14.4 Å². The predicted octanol–water partition coefficient (Wildman–Crippen LogP) is 2.62. The first kappa shape index (κ1) is 20.8. The number of benzene rings is 1. The Kier molecular flexibility index (Phi) is 6.51. The van der Waals surface area contributed by atoms with Crippen molar-refractivity contribution in [2.75, 3.05) is 43.5 Å². The van der Waals surface area contributed by atoms with Gasteiger partial charge in [0.25, 0.3) is 0 Å². The summed E-state index contributed by atoms with van der Waals surface area (Å²) in [4.78, 5) is 24.4. The van der Waals surface area contributed by atoms with Crippen LogP contribution in [0.15, 0.2) is 30.6 Å². The lowest BCUT2D eigenvalue weighted by atomic mass is 9.95. The van der Waals surface area contributed by atoms with Crippen molar-refractivity contribution in [3.63, 3.8) is 0 Å². The molecule has 0 spiro atoms. The topological polar surface area (TPSA) is 84.6 Å². The van der Waals surface area contributed by atoms with Crippen molar-refractivity contribution < 1.29 is 13.9 Å². The van der Waals surface area contributed by atoms with E-state index in [9.17, 15) is 9.18 Å². The molecule has 0 saturated carbocycles. The number of anilines is 2. The van der Waals surface area contributed by atoms with Crippen LogP contribution >= 0.6 is 0 Å². The Bertz CT molecular complexity index is 861. The number of aromatic nitrogens is 2. The first-order chi connectivity index (χ1) is 13.9. The maximum atomic E-state index is 12.6. The van der Waals surface area contributed by atoms with Crippen molar-refractivity contribution in [2.45, 2.75) is 32.8 Å². The summed E-state index contributed by atoms with van der Waals surface area (Å²) in [6, 6.07) is 7.53. The van der Waals surface area contributed by atoms with Crippen LogP contribution in [0.2, 0.25) is 0 Å². The number of carbonyl (C=O) groups excluding carboxylic acids is 1. The summed E-state index contributed by atoms with van der Waals surface area (Å²) in [5, 5.41) is 0. The van der Waals surface area contributed by atoms with Gasteiger partial charge in [0.05, 0.1) is 18.3 Å². The van der Waals surface area contributed by atoms with Gasteiger partial charge in [-0.15, -0.1) is 0 Å². The zero-order valence-corrected chi connectivity index (χ0v) is 17.1. The van der Waals surface area contributed by atoms with Gasteiger partial charge in [0.15, 0.2) is 0 Å². The molecule has 1 aromatic heterocycles. The molecule has 1 amide bonds. The zero-order valence-electron chi connectivity index (χ0n) is 17.1. The maximum absolute atomic E-state index is 12.6. The third-order valence-electron chi connectivity index (χ3n) is 5.01. The Morgan fingerprint density at radius 3 is 2.69 bits per heavy atom. The minimum atomic E-state index is -0.526. The number of hydrogen-bond donors (Lipinski definition) is 1. The third-order valence-corrected chi connectivity index (χ3v) is 5.01. The summed E-state index contributed by atoms with van der Waals surface area (Å²) < 4.78 is 18.3. The molecule has 2 heterocycles. The Labute approximate surface area is 170 Å². The number of ether oxygens (including phenoxy) is 1. The van der Waals surface area contributed by atoms with Gasteiger partial charge in [0.2, 0.25) is 5.91 Å². The number of hydrogen-bond acceptors (Lipinski definition) is 6. The van der Waals surface area contributed by atoms with Crippen molar-refractivity contribution >= 4 is 17.4 Å². The molecule has 29 heavy (non-hydrogen) atoms. The van der Waals surface area contributed by atoms with Gasteiger partial charge in [-0.3, -0.25) is 4.79 Å². The molecular formula is C21H28FN5O2. The van der Waals surface area contributed by atoms with Crippen molar-refractivity contribution in [1.82, 2.24) is 14.9 Å². The van der Waals surface area contributed by atoms with Gasteiger partial charge in [-0.1, -0.05) is 6.92 Å². The number of nitrogens with two attached hydrogens (primary N) is 1. The molecule has 1 aromatic carbocycles. The molecule has 0 bridgehead atoms. The van der Waals surface area contributed by atoms with Crippen LogP contribution in [0, 0.1) is 0 Å². The van der Waals surface area contributed by atoms with Crippen LogP contribution in [0.4, 0.5) is 15.9 Å². The van der Waals surface area contributed by atoms with E-state index >= 15 is 0 Å². The molecule has 1 fully saturated rings. The molecule has 2 N–H and O–H groups in total. The smallest absolute Gasteiger partial charge is 0.242 e. The SMILES string of the molecule is CC(C)Oc1ccc(N)c(C(C)c2cc(N3CCN(CCF)C(=O)C3)ncn2)c1. The molecule has 1 atom stereocenters. The van der Waals surface area contributed by atoms with Crippen LogP contribution in [-0.4, -0.2) is 59.7 Å². The summed E-state index contributed by atoms with van der Waals surface area (Å²) in [6.07, 6.45) is 1.57. The standard InChI is InChI=1S/C21H28FN5O2/c1-14(2)29-16-4-5-18(23)17(10-16)15(3)19-11-20(25-13-24-19)27-9-8-26(7-6-22)21(28)12-27/h4-5,10-11,13-15H,6-9,12,23H2,1-3H3. The van der Waals surface area contributed by atoms with E-state index in [1.807, 2.05) is 49.9 Å². The summed E-state index contributed by atoms with van der Waals surface area (Å²) >= 11 is 0. The van der Waals surface area contributed by atoms with Crippen LogP contribution < -0.4 is 15.4 Å². The fourth-order valence-corrected chi connectivity index (χ4v) is 3.45. The molecule has 1 saturated heterocycles. The molecule has 1 aliphatic rings. The van der Waals surface area contributed by atoms with Gasteiger partial charge < -0.3 is 20.3 Å². The van der Waals surface area contributed by atoms with Crippen LogP contribution in [0.1, 0.15) is 37.9 Å². The molecular weight excluding hydrogens is 373 g/mol. The van der Waals surface area contributed by atoms with Gasteiger partial charge in [-0.05, 0) is 37.6 Å². The lowest BCUT2D eigenvalue weighted by molar-refractivity contribution is -0.131. The first-order valence-corrected chi connectivity index (χ1v) is 9.85. The van der Waals surface area contributed by atoms with Crippen molar-refractivity contribution in [2.24, 2.45) is 0 Å². The maximum Gasteiger partial charge on any atom is 0.242 e. The summed E-state index contributed by atoms with van der Waals surface area (Å²) in [5.41, 5.74) is 8.62. The number of nitrogen functional groups attached to an aromatic ring is 1. The highest BCUT2D eigenvalue weighted by atomic mass is 19.1. The Balaban J connectivity index is 1.80. The number of carbonyl (C=O) groups is 1. The van der Waals surface area contributed by atoms with E-state index in [-0.39, 0.29) is 31.0 Å². The van der Waals surface area contributed by atoms with E-state index in [2.05, 4.69) is 9.97 Å². The van der Waals surface area contributed by atoms with Crippen molar-refractivity contribution in [3.8, 4) is 5.75 Å². The largest absolute Gasteiger partial charge is 0.491 e.